The van der Waals surface area contributed by atoms with Gasteiger partial charge in [-0.2, -0.15) is 0 Å². The highest BCUT2D eigenvalue weighted by Crippen LogP contribution is 2.31. The summed E-state index contributed by atoms with van der Waals surface area (Å²) in [6.07, 6.45) is 4.05. The Morgan fingerprint density at radius 2 is 1.97 bits per heavy atom. The Labute approximate surface area is 179 Å². The Bertz CT molecular complexity index is 1110. The van der Waals surface area contributed by atoms with E-state index in [0.717, 1.165) is 17.1 Å². The van der Waals surface area contributed by atoms with Crippen molar-refractivity contribution in [2.75, 3.05) is 13.2 Å². The number of furan rings is 1. The van der Waals surface area contributed by atoms with Gasteiger partial charge in [-0.1, -0.05) is 12.1 Å². The third-order valence-corrected chi connectivity index (χ3v) is 5.10. The standard InChI is InChI=1S/C24H23NO6/c1-16-12-20(21(26)15-30-24(27)10-9-18-6-5-11-28-18)17(2)25(16)13-19-14-29-22-7-3-4-8-23(22)31-19/h3-12,19H,13-15H2,1-2H3/b10-9+/t19-/m0/s1. The molecule has 7 nitrogen and oxygen atoms in total. The predicted molar refractivity (Wildman–Crippen MR) is 113 cm³/mol. The number of Topliss-reactive ketones (excluding diaryl/α,β-unsaturated/α-hetero) is 1. The van der Waals surface area contributed by atoms with E-state index in [2.05, 4.69) is 0 Å². The second-order valence-corrected chi connectivity index (χ2v) is 7.27. The van der Waals surface area contributed by atoms with Crippen LogP contribution in [-0.4, -0.2) is 35.6 Å². The van der Waals surface area contributed by atoms with Gasteiger partial charge in [-0.25, -0.2) is 4.79 Å². The topological polar surface area (TPSA) is 79.9 Å². The molecule has 1 aromatic carbocycles. The Morgan fingerprint density at radius 1 is 1.16 bits per heavy atom. The molecule has 0 saturated carbocycles. The zero-order chi connectivity index (χ0) is 21.8. The van der Waals surface area contributed by atoms with Crippen LogP contribution in [-0.2, 0) is 16.1 Å². The average Bonchev–Trinajstić information content (AvgIpc) is 3.40. The van der Waals surface area contributed by atoms with Gasteiger partial charge in [0.25, 0.3) is 0 Å². The quantitative estimate of drug-likeness (QED) is 0.326. The fraction of sp³-hybridized carbons (Fsp3) is 0.250. The molecule has 1 atom stereocenters. The minimum atomic E-state index is -0.607. The summed E-state index contributed by atoms with van der Waals surface area (Å²) in [5.74, 6) is 1.11. The normalized spacial score (nSPS) is 15.2. The first-order valence-electron chi connectivity index (χ1n) is 9.98. The maximum Gasteiger partial charge on any atom is 0.331 e. The summed E-state index contributed by atoms with van der Waals surface area (Å²) >= 11 is 0. The van der Waals surface area contributed by atoms with Crippen LogP contribution in [0, 0.1) is 13.8 Å². The minimum Gasteiger partial charge on any atom is -0.486 e. The molecule has 0 N–H and O–H groups in total. The van der Waals surface area contributed by atoms with E-state index in [1.165, 1.54) is 18.4 Å². The lowest BCUT2D eigenvalue weighted by molar-refractivity contribution is -0.136. The zero-order valence-electron chi connectivity index (χ0n) is 17.4. The molecule has 0 fully saturated rings. The predicted octanol–water partition coefficient (Wildman–Crippen LogP) is 3.98. The number of hydrogen-bond acceptors (Lipinski definition) is 6. The fourth-order valence-corrected chi connectivity index (χ4v) is 3.52. The van der Waals surface area contributed by atoms with Crippen molar-refractivity contribution < 1.29 is 28.2 Å². The molecule has 0 radical (unpaired) electrons. The van der Waals surface area contributed by atoms with Crippen molar-refractivity contribution in [2.45, 2.75) is 26.5 Å². The van der Waals surface area contributed by atoms with Crippen molar-refractivity contribution in [3.05, 3.63) is 77.5 Å². The maximum absolute atomic E-state index is 12.6. The number of carbonyl (C=O) groups is 2. The van der Waals surface area contributed by atoms with E-state index in [0.29, 0.717) is 30.2 Å². The van der Waals surface area contributed by atoms with Crippen LogP contribution in [0.2, 0.25) is 0 Å². The largest absolute Gasteiger partial charge is 0.486 e. The van der Waals surface area contributed by atoms with Gasteiger partial charge in [-0.3, -0.25) is 4.79 Å². The van der Waals surface area contributed by atoms with Crippen LogP contribution in [0.3, 0.4) is 0 Å². The lowest BCUT2D eigenvalue weighted by Gasteiger charge is -2.27. The third-order valence-electron chi connectivity index (χ3n) is 5.10. The van der Waals surface area contributed by atoms with Crippen molar-refractivity contribution in [1.82, 2.24) is 4.57 Å². The van der Waals surface area contributed by atoms with Gasteiger partial charge in [0, 0.05) is 23.0 Å². The number of nitrogens with zero attached hydrogens (tertiary/aromatic N) is 1. The Morgan fingerprint density at radius 3 is 2.74 bits per heavy atom. The van der Waals surface area contributed by atoms with Crippen LogP contribution in [0.4, 0.5) is 0 Å². The minimum absolute atomic E-state index is 0.174. The monoisotopic (exact) mass is 421 g/mol. The van der Waals surface area contributed by atoms with Crippen LogP contribution in [0.25, 0.3) is 6.08 Å². The smallest absolute Gasteiger partial charge is 0.331 e. The molecule has 31 heavy (non-hydrogen) atoms. The lowest BCUT2D eigenvalue weighted by Crippen LogP contribution is -2.33. The highest BCUT2D eigenvalue weighted by Gasteiger charge is 2.24. The van der Waals surface area contributed by atoms with Gasteiger partial charge >= 0.3 is 5.97 Å². The Hall–Kier alpha value is -3.74. The summed E-state index contributed by atoms with van der Waals surface area (Å²) in [5, 5.41) is 0. The van der Waals surface area contributed by atoms with E-state index in [1.807, 2.05) is 48.7 Å². The maximum atomic E-state index is 12.6. The number of fused-ring (bicyclic) bond motifs is 1. The number of ether oxygens (including phenoxy) is 3. The van der Waals surface area contributed by atoms with Crippen molar-refractivity contribution in [3.63, 3.8) is 0 Å². The molecular weight excluding hydrogens is 398 g/mol. The highest BCUT2D eigenvalue weighted by atomic mass is 16.6. The number of para-hydroxylation sites is 2. The number of rotatable bonds is 7. The summed E-state index contributed by atoms with van der Waals surface area (Å²) in [4.78, 5) is 24.5. The third kappa shape index (κ3) is 4.71. The molecule has 0 amide bonds. The molecule has 3 aromatic rings. The zero-order valence-corrected chi connectivity index (χ0v) is 17.4. The highest BCUT2D eigenvalue weighted by molar-refractivity contribution is 6.00. The van der Waals surface area contributed by atoms with E-state index in [4.69, 9.17) is 18.6 Å². The molecule has 2 aromatic heterocycles. The number of esters is 1. The number of aryl methyl sites for hydroxylation is 1. The van der Waals surface area contributed by atoms with E-state index in [9.17, 15) is 9.59 Å². The molecule has 7 heteroatoms. The molecule has 4 rings (SSSR count). The van der Waals surface area contributed by atoms with Crippen molar-refractivity contribution >= 4 is 17.8 Å². The van der Waals surface area contributed by atoms with Crippen molar-refractivity contribution in [3.8, 4) is 11.5 Å². The van der Waals surface area contributed by atoms with Crippen molar-refractivity contribution in [2.24, 2.45) is 0 Å². The van der Waals surface area contributed by atoms with E-state index < -0.39 is 5.97 Å². The van der Waals surface area contributed by atoms with Crippen LogP contribution in [0.1, 0.15) is 27.5 Å². The molecule has 3 heterocycles. The SMILES string of the molecule is Cc1cc(C(=O)COC(=O)/C=C/c2ccco2)c(C)n1C[C@H]1COc2ccccc2O1. The Balaban J connectivity index is 1.37. The molecule has 1 aliphatic rings. The molecule has 0 unspecified atom stereocenters. The van der Waals surface area contributed by atoms with Crippen LogP contribution >= 0.6 is 0 Å². The van der Waals surface area contributed by atoms with Gasteiger partial charge in [0.15, 0.2) is 24.2 Å². The molecule has 160 valence electrons. The Kier molecular flexibility index (Phi) is 5.93. The first-order chi connectivity index (χ1) is 15.0. The van der Waals surface area contributed by atoms with Gasteiger partial charge in [0.05, 0.1) is 12.8 Å². The molecule has 0 aliphatic carbocycles. The van der Waals surface area contributed by atoms with Crippen LogP contribution in [0.15, 0.2) is 59.2 Å². The number of aromatic nitrogens is 1. The van der Waals surface area contributed by atoms with Gasteiger partial charge in [-0.15, -0.1) is 0 Å². The number of benzene rings is 1. The summed E-state index contributed by atoms with van der Waals surface area (Å²) in [6.45, 7) is 4.44. The van der Waals surface area contributed by atoms with Gasteiger partial charge in [-0.05, 0) is 50.3 Å². The second-order valence-electron chi connectivity index (χ2n) is 7.27. The van der Waals surface area contributed by atoms with E-state index in [1.54, 1.807) is 12.1 Å². The van der Waals surface area contributed by atoms with Crippen molar-refractivity contribution in [1.29, 1.82) is 0 Å². The second kappa shape index (κ2) is 8.95. The van der Waals surface area contributed by atoms with Gasteiger partial charge < -0.3 is 23.2 Å². The summed E-state index contributed by atoms with van der Waals surface area (Å²) in [7, 11) is 0. The lowest BCUT2D eigenvalue weighted by atomic mass is 10.1. The first kappa shape index (κ1) is 20.5. The molecule has 0 spiro atoms. The number of hydrogen-bond donors (Lipinski definition) is 0. The molecule has 0 saturated heterocycles. The average molecular weight is 421 g/mol. The summed E-state index contributed by atoms with van der Waals surface area (Å²) in [5.41, 5.74) is 2.25. The molecule has 0 bridgehead atoms. The number of carbonyl (C=O) groups excluding carboxylic acids is 2. The van der Waals surface area contributed by atoms with Crippen LogP contribution < -0.4 is 9.47 Å². The fourth-order valence-electron chi connectivity index (χ4n) is 3.52. The van der Waals surface area contributed by atoms with Gasteiger partial charge in [0.1, 0.15) is 12.4 Å². The van der Waals surface area contributed by atoms with E-state index >= 15 is 0 Å². The van der Waals surface area contributed by atoms with Gasteiger partial charge in [0.2, 0.25) is 5.78 Å². The molecule has 1 aliphatic heterocycles. The van der Waals surface area contributed by atoms with Crippen LogP contribution in [0.5, 0.6) is 11.5 Å². The summed E-state index contributed by atoms with van der Waals surface area (Å²) < 4.78 is 24.0. The number of ketones is 1. The first-order valence-corrected chi connectivity index (χ1v) is 9.98. The summed E-state index contributed by atoms with van der Waals surface area (Å²) in [6, 6.07) is 12.8. The molecular formula is C24H23NO6. The van der Waals surface area contributed by atoms with E-state index in [-0.39, 0.29) is 18.5 Å².